The van der Waals surface area contributed by atoms with Gasteiger partial charge in [-0.2, -0.15) is 25.3 Å². The highest BCUT2D eigenvalue weighted by Gasteiger charge is 2.30. The van der Waals surface area contributed by atoms with Crippen molar-refractivity contribution in [1.82, 2.24) is 16.0 Å². The number of carboxylic acids is 2. The van der Waals surface area contributed by atoms with Gasteiger partial charge in [-0.1, -0.05) is 13.8 Å². The van der Waals surface area contributed by atoms with Crippen LogP contribution in [-0.4, -0.2) is 75.5 Å². The molecule has 3 amide bonds. The topological polar surface area (TPSA) is 188 Å². The molecule has 0 saturated carbocycles. The summed E-state index contributed by atoms with van der Waals surface area (Å²) >= 11 is 7.88. The van der Waals surface area contributed by atoms with Crippen molar-refractivity contribution in [2.45, 2.75) is 50.9 Å². The first-order valence-electron chi connectivity index (χ1n) is 8.77. The minimum absolute atomic E-state index is 0.00650. The number of rotatable bonds is 13. The van der Waals surface area contributed by atoms with Gasteiger partial charge in [0, 0.05) is 17.9 Å². The molecule has 0 aromatic rings. The third kappa shape index (κ3) is 9.85. The molecule has 0 saturated heterocycles. The molecule has 0 aromatic heterocycles. The number of nitrogens with two attached hydrogens (primary N) is 1. The Morgan fingerprint density at radius 2 is 1.38 bits per heavy atom. The van der Waals surface area contributed by atoms with Gasteiger partial charge in [0.05, 0.1) is 6.04 Å². The van der Waals surface area contributed by atoms with Crippen LogP contribution in [0.25, 0.3) is 0 Å². The fraction of sp³-hybridized carbons (Fsp3) is 0.688. The molecule has 0 fully saturated rings. The molecular weight excluding hydrogens is 424 g/mol. The first-order chi connectivity index (χ1) is 13.4. The molecule has 0 aliphatic carbocycles. The molecule has 0 aliphatic heterocycles. The van der Waals surface area contributed by atoms with Gasteiger partial charge in [-0.3, -0.25) is 19.2 Å². The summed E-state index contributed by atoms with van der Waals surface area (Å²) in [6.07, 6.45) is -0.655. The molecule has 0 heterocycles. The van der Waals surface area contributed by atoms with Crippen molar-refractivity contribution >= 4 is 54.9 Å². The highest BCUT2D eigenvalue weighted by molar-refractivity contribution is 7.80. The quantitative estimate of drug-likeness (QED) is 0.151. The number of carbonyl (C=O) groups excluding carboxylic acids is 3. The number of thiol groups is 2. The summed E-state index contributed by atoms with van der Waals surface area (Å²) in [5.74, 6) is -5.27. The van der Waals surface area contributed by atoms with Crippen molar-refractivity contribution < 1.29 is 34.2 Å². The van der Waals surface area contributed by atoms with E-state index in [4.69, 9.17) is 10.8 Å². The number of carboxylic acid groups (broad SMARTS) is 2. The number of hydrogen-bond acceptors (Lipinski definition) is 8. The minimum Gasteiger partial charge on any atom is -0.481 e. The molecule has 0 spiro atoms. The summed E-state index contributed by atoms with van der Waals surface area (Å²) < 4.78 is 0. The third-order valence-corrected chi connectivity index (χ3v) is 4.62. The van der Waals surface area contributed by atoms with Crippen LogP contribution in [0.4, 0.5) is 0 Å². The van der Waals surface area contributed by atoms with E-state index < -0.39 is 66.2 Å². The Hall–Kier alpha value is -1.99. The average molecular weight is 453 g/mol. The van der Waals surface area contributed by atoms with Crippen molar-refractivity contribution in [1.29, 1.82) is 0 Å². The molecule has 166 valence electrons. The molecule has 29 heavy (non-hydrogen) atoms. The van der Waals surface area contributed by atoms with E-state index in [0.29, 0.717) is 0 Å². The van der Waals surface area contributed by atoms with E-state index in [1.807, 2.05) is 0 Å². The van der Waals surface area contributed by atoms with E-state index in [9.17, 15) is 29.1 Å². The van der Waals surface area contributed by atoms with Crippen molar-refractivity contribution in [3.05, 3.63) is 0 Å². The fourth-order valence-electron chi connectivity index (χ4n) is 2.13. The Balaban J connectivity index is 5.24. The van der Waals surface area contributed by atoms with Crippen LogP contribution in [-0.2, 0) is 24.0 Å². The number of aliphatic carboxylic acids is 2. The summed E-state index contributed by atoms with van der Waals surface area (Å²) in [6, 6.07) is -4.64. The molecule has 7 N–H and O–H groups in total. The first-order valence-corrected chi connectivity index (χ1v) is 10.0. The molecular formula is C16H28N4O7S2. The lowest BCUT2D eigenvalue weighted by Gasteiger charge is -2.25. The SMILES string of the molecule is CC(C)C(NC(=O)C(CS)NC(=O)C(CCC(=O)O)NC(=O)C(N)CS)C(=O)O. The van der Waals surface area contributed by atoms with E-state index >= 15 is 0 Å². The summed E-state index contributed by atoms with van der Waals surface area (Å²) in [7, 11) is 0. The Morgan fingerprint density at radius 3 is 1.79 bits per heavy atom. The number of nitrogens with one attached hydrogen (secondary N) is 3. The van der Waals surface area contributed by atoms with Crippen LogP contribution in [0.1, 0.15) is 26.7 Å². The number of hydrogen-bond donors (Lipinski definition) is 8. The monoisotopic (exact) mass is 452 g/mol. The zero-order valence-electron chi connectivity index (χ0n) is 16.1. The van der Waals surface area contributed by atoms with Crippen LogP contribution in [0.15, 0.2) is 0 Å². The van der Waals surface area contributed by atoms with Crippen LogP contribution in [0, 0.1) is 5.92 Å². The van der Waals surface area contributed by atoms with Gasteiger partial charge in [-0.25, -0.2) is 4.79 Å². The van der Waals surface area contributed by atoms with Gasteiger partial charge < -0.3 is 31.9 Å². The van der Waals surface area contributed by atoms with Gasteiger partial charge in [0.2, 0.25) is 17.7 Å². The van der Waals surface area contributed by atoms with Gasteiger partial charge in [0.25, 0.3) is 0 Å². The van der Waals surface area contributed by atoms with Crippen molar-refractivity contribution in [2.75, 3.05) is 11.5 Å². The highest BCUT2D eigenvalue weighted by Crippen LogP contribution is 2.04. The lowest BCUT2D eigenvalue weighted by molar-refractivity contribution is -0.143. The molecule has 0 bridgehead atoms. The first kappa shape index (κ1) is 27.0. The molecule has 0 rings (SSSR count). The van der Waals surface area contributed by atoms with Gasteiger partial charge in [0.15, 0.2) is 0 Å². The van der Waals surface area contributed by atoms with Gasteiger partial charge in [0.1, 0.15) is 18.1 Å². The van der Waals surface area contributed by atoms with Crippen LogP contribution in [0.2, 0.25) is 0 Å². The maximum atomic E-state index is 12.5. The van der Waals surface area contributed by atoms with Crippen molar-refractivity contribution in [3.8, 4) is 0 Å². The average Bonchev–Trinajstić information content (AvgIpc) is 2.65. The fourth-order valence-corrected chi connectivity index (χ4v) is 2.56. The van der Waals surface area contributed by atoms with Gasteiger partial charge in [-0.05, 0) is 12.3 Å². The summed E-state index contributed by atoms with van der Waals surface area (Å²) in [5.41, 5.74) is 5.54. The predicted molar refractivity (Wildman–Crippen MR) is 111 cm³/mol. The van der Waals surface area contributed by atoms with E-state index in [0.717, 1.165) is 0 Å². The molecule has 4 unspecified atom stereocenters. The second kappa shape index (κ2) is 13.3. The maximum Gasteiger partial charge on any atom is 0.326 e. The van der Waals surface area contributed by atoms with Crippen molar-refractivity contribution in [3.63, 3.8) is 0 Å². The number of amides is 3. The third-order valence-electron chi connectivity index (χ3n) is 3.86. The van der Waals surface area contributed by atoms with Crippen LogP contribution >= 0.6 is 25.3 Å². The normalized spacial score (nSPS) is 15.0. The molecule has 4 atom stereocenters. The van der Waals surface area contributed by atoms with E-state index in [2.05, 4.69) is 41.2 Å². The maximum absolute atomic E-state index is 12.5. The molecule has 0 aliphatic rings. The van der Waals surface area contributed by atoms with Crippen LogP contribution in [0.3, 0.4) is 0 Å². The summed E-state index contributed by atoms with van der Waals surface area (Å²) in [5, 5.41) is 25.0. The lowest BCUT2D eigenvalue weighted by atomic mass is 10.0. The largest absolute Gasteiger partial charge is 0.481 e. The Bertz CT molecular complexity index is 618. The van der Waals surface area contributed by atoms with E-state index in [1.165, 1.54) is 0 Å². The van der Waals surface area contributed by atoms with E-state index in [-0.39, 0.29) is 17.9 Å². The highest BCUT2D eigenvalue weighted by atomic mass is 32.1. The Morgan fingerprint density at radius 1 is 0.862 bits per heavy atom. The van der Waals surface area contributed by atoms with Crippen LogP contribution in [0.5, 0.6) is 0 Å². The Labute approximate surface area is 179 Å². The molecule has 0 aromatic carbocycles. The van der Waals surface area contributed by atoms with Crippen LogP contribution < -0.4 is 21.7 Å². The predicted octanol–water partition coefficient (Wildman–Crippen LogP) is -1.77. The van der Waals surface area contributed by atoms with Gasteiger partial charge in [-0.15, -0.1) is 0 Å². The lowest BCUT2D eigenvalue weighted by Crippen LogP contribution is -2.58. The molecule has 13 heteroatoms. The van der Waals surface area contributed by atoms with E-state index in [1.54, 1.807) is 13.8 Å². The van der Waals surface area contributed by atoms with Crippen molar-refractivity contribution in [2.24, 2.45) is 11.7 Å². The van der Waals surface area contributed by atoms with Gasteiger partial charge >= 0.3 is 11.9 Å². The smallest absolute Gasteiger partial charge is 0.326 e. The minimum atomic E-state index is -1.26. The molecule has 11 nitrogen and oxygen atoms in total. The summed E-state index contributed by atoms with van der Waals surface area (Å²) in [6.45, 7) is 3.21. The second-order valence-corrected chi connectivity index (χ2v) is 7.33. The molecule has 0 radical (unpaired) electrons. The standard InChI is InChI=1S/C16H28N4O7S2/c1-7(2)12(16(26)27)20-15(25)10(6-29)19-14(24)9(3-4-11(21)22)18-13(23)8(17)5-28/h7-10,12,28-29H,3-6,17H2,1-2H3,(H,18,23)(H,19,24)(H,20,25)(H,21,22)(H,26,27). The zero-order chi connectivity index (χ0) is 22.7. The number of carbonyl (C=O) groups is 5. The zero-order valence-corrected chi connectivity index (χ0v) is 17.9. The Kier molecular flexibility index (Phi) is 12.4. The summed E-state index contributed by atoms with van der Waals surface area (Å²) in [4.78, 5) is 58.9. The second-order valence-electron chi connectivity index (χ2n) is 6.59.